The molecule has 3 heteroatoms. The zero-order valence-corrected chi connectivity index (χ0v) is 11.1. The van der Waals surface area contributed by atoms with Crippen molar-refractivity contribution < 1.29 is 4.79 Å². The van der Waals surface area contributed by atoms with E-state index in [1.165, 1.54) is 5.56 Å². The lowest BCUT2D eigenvalue weighted by atomic mass is 10.1. The third-order valence-electron chi connectivity index (χ3n) is 3.07. The molecule has 0 radical (unpaired) electrons. The molecule has 0 bridgehead atoms. The summed E-state index contributed by atoms with van der Waals surface area (Å²) in [7, 11) is 0. The van der Waals surface area contributed by atoms with Gasteiger partial charge in [-0.25, -0.2) is 0 Å². The summed E-state index contributed by atoms with van der Waals surface area (Å²) in [6.07, 6.45) is 2.52. The van der Waals surface area contributed by atoms with Gasteiger partial charge in [0.1, 0.15) is 5.69 Å². The highest BCUT2D eigenvalue weighted by Crippen LogP contribution is 2.05. The molecule has 1 aromatic heterocycles. The monoisotopic (exact) mass is 254 g/mol. The molecule has 1 heterocycles. The van der Waals surface area contributed by atoms with Crippen LogP contribution in [-0.2, 0) is 6.42 Å². The van der Waals surface area contributed by atoms with Crippen LogP contribution in [0.1, 0.15) is 23.0 Å². The molecule has 0 unspecified atom stereocenters. The van der Waals surface area contributed by atoms with Crippen molar-refractivity contribution in [3.05, 3.63) is 66.0 Å². The van der Waals surface area contributed by atoms with Crippen molar-refractivity contribution in [1.82, 2.24) is 9.88 Å². The second-order valence-corrected chi connectivity index (χ2v) is 4.34. The second kappa shape index (κ2) is 6.69. The van der Waals surface area contributed by atoms with Gasteiger partial charge in [-0.05, 0) is 31.0 Å². The summed E-state index contributed by atoms with van der Waals surface area (Å²) < 4.78 is 0. The summed E-state index contributed by atoms with van der Waals surface area (Å²) in [4.78, 5) is 18.2. The molecule has 0 saturated heterocycles. The summed E-state index contributed by atoms with van der Waals surface area (Å²) in [5, 5.41) is 0. The summed E-state index contributed by atoms with van der Waals surface area (Å²) in [6, 6.07) is 15.6. The number of aromatic nitrogens is 1. The quantitative estimate of drug-likeness (QED) is 0.822. The van der Waals surface area contributed by atoms with E-state index in [4.69, 9.17) is 0 Å². The van der Waals surface area contributed by atoms with Gasteiger partial charge in [0.2, 0.25) is 0 Å². The van der Waals surface area contributed by atoms with Gasteiger partial charge in [0.05, 0.1) is 0 Å². The smallest absolute Gasteiger partial charge is 0.272 e. The van der Waals surface area contributed by atoms with Crippen LogP contribution < -0.4 is 0 Å². The first-order valence-corrected chi connectivity index (χ1v) is 6.55. The number of hydrogen-bond acceptors (Lipinski definition) is 2. The fourth-order valence-corrected chi connectivity index (χ4v) is 1.96. The lowest BCUT2D eigenvalue weighted by molar-refractivity contribution is 0.0760. The van der Waals surface area contributed by atoms with E-state index in [-0.39, 0.29) is 5.91 Å². The molecular formula is C16H18N2O. The van der Waals surface area contributed by atoms with E-state index in [0.717, 1.165) is 13.0 Å². The molecule has 0 spiro atoms. The number of pyridine rings is 1. The van der Waals surface area contributed by atoms with E-state index in [9.17, 15) is 4.79 Å². The summed E-state index contributed by atoms with van der Waals surface area (Å²) in [6.45, 7) is 3.41. The van der Waals surface area contributed by atoms with Crippen molar-refractivity contribution in [1.29, 1.82) is 0 Å². The second-order valence-electron chi connectivity index (χ2n) is 4.34. The maximum Gasteiger partial charge on any atom is 0.272 e. The van der Waals surface area contributed by atoms with Gasteiger partial charge in [0, 0.05) is 19.3 Å². The Morgan fingerprint density at radius 2 is 1.84 bits per heavy atom. The van der Waals surface area contributed by atoms with Crippen LogP contribution >= 0.6 is 0 Å². The number of nitrogens with zero attached hydrogens (tertiary/aromatic N) is 2. The van der Waals surface area contributed by atoms with E-state index in [1.807, 2.05) is 42.2 Å². The average Bonchev–Trinajstić information content (AvgIpc) is 2.49. The number of carbonyl (C=O) groups excluding carboxylic acids is 1. The molecule has 1 aromatic carbocycles. The van der Waals surface area contributed by atoms with Crippen molar-refractivity contribution >= 4 is 5.91 Å². The molecule has 3 nitrogen and oxygen atoms in total. The van der Waals surface area contributed by atoms with Crippen molar-refractivity contribution in [2.45, 2.75) is 13.3 Å². The highest BCUT2D eigenvalue weighted by atomic mass is 16.2. The van der Waals surface area contributed by atoms with Crippen molar-refractivity contribution in [2.24, 2.45) is 0 Å². The number of hydrogen-bond donors (Lipinski definition) is 0. The van der Waals surface area contributed by atoms with Crippen molar-refractivity contribution in [2.75, 3.05) is 13.1 Å². The zero-order chi connectivity index (χ0) is 13.5. The summed E-state index contributed by atoms with van der Waals surface area (Å²) in [5.74, 6) is -0.000897. The minimum absolute atomic E-state index is 0.000897. The zero-order valence-electron chi connectivity index (χ0n) is 11.1. The summed E-state index contributed by atoms with van der Waals surface area (Å²) >= 11 is 0. The Hall–Kier alpha value is -2.16. The van der Waals surface area contributed by atoms with E-state index in [1.54, 1.807) is 12.3 Å². The molecule has 0 aliphatic heterocycles. The molecule has 0 fully saturated rings. The number of rotatable bonds is 5. The Morgan fingerprint density at radius 1 is 1.11 bits per heavy atom. The van der Waals surface area contributed by atoms with Gasteiger partial charge in [-0.15, -0.1) is 0 Å². The first-order valence-electron chi connectivity index (χ1n) is 6.55. The number of amides is 1. The maximum absolute atomic E-state index is 12.3. The van der Waals surface area contributed by atoms with Gasteiger partial charge in [-0.2, -0.15) is 0 Å². The normalized spacial score (nSPS) is 10.2. The first kappa shape index (κ1) is 13.3. The molecule has 2 rings (SSSR count). The molecule has 2 aromatic rings. The molecule has 0 saturated carbocycles. The Labute approximate surface area is 113 Å². The molecule has 98 valence electrons. The standard InChI is InChI=1S/C16H18N2O/c1-2-18(13-11-14-8-4-3-5-9-14)16(19)15-10-6-7-12-17-15/h3-10,12H,2,11,13H2,1H3. The van der Waals surface area contributed by atoms with Crippen LogP contribution in [0.2, 0.25) is 0 Å². The molecule has 1 amide bonds. The predicted molar refractivity (Wildman–Crippen MR) is 76.0 cm³/mol. The molecule has 0 N–H and O–H groups in total. The van der Waals surface area contributed by atoms with Gasteiger partial charge in [0.25, 0.3) is 5.91 Å². The molecule has 19 heavy (non-hydrogen) atoms. The highest BCUT2D eigenvalue weighted by molar-refractivity contribution is 5.92. The van der Waals surface area contributed by atoms with Crippen LogP contribution in [0.25, 0.3) is 0 Å². The molecule has 0 aliphatic rings. The van der Waals surface area contributed by atoms with Gasteiger partial charge in [-0.1, -0.05) is 36.4 Å². The molecule has 0 atom stereocenters. The SMILES string of the molecule is CCN(CCc1ccccc1)C(=O)c1ccccn1. The van der Waals surface area contributed by atoms with E-state index in [0.29, 0.717) is 12.2 Å². The van der Waals surface area contributed by atoms with E-state index >= 15 is 0 Å². The van der Waals surface area contributed by atoms with Gasteiger partial charge in [-0.3, -0.25) is 9.78 Å². The van der Waals surface area contributed by atoms with Crippen LogP contribution in [0.15, 0.2) is 54.7 Å². The Balaban J connectivity index is 1.99. The fourth-order valence-electron chi connectivity index (χ4n) is 1.96. The van der Waals surface area contributed by atoms with Gasteiger partial charge in [0.15, 0.2) is 0 Å². The van der Waals surface area contributed by atoms with Crippen LogP contribution in [-0.4, -0.2) is 28.9 Å². The van der Waals surface area contributed by atoms with Crippen LogP contribution in [0.5, 0.6) is 0 Å². The molecule has 0 aliphatic carbocycles. The average molecular weight is 254 g/mol. The third-order valence-corrected chi connectivity index (χ3v) is 3.07. The fraction of sp³-hybridized carbons (Fsp3) is 0.250. The molecular weight excluding hydrogens is 236 g/mol. The van der Waals surface area contributed by atoms with E-state index in [2.05, 4.69) is 17.1 Å². The minimum atomic E-state index is -0.000897. The maximum atomic E-state index is 12.3. The minimum Gasteiger partial charge on any atom is -0.337 e. The van der Waals surface area contributed by atoms with Crippen molar-refractivity contribution in [3.8, 4) is 0 Å². The first-order chi connectivity index (χ1) is 9.31. The van der Waals surface area contributed by atoms with Gasteiger partial charge >= 0.3 is 0 Å². The number of likely N-dealkylation sites (N-methyl/N-ethyl adjacent to an activating group) is 1. The predicted octanol–water partition coefficient (Wildman–Crippen LogP) is 2.79. The van der Waals surface area contributed by atoms with Crippen LogP contribution in [0, 0.1) is 0 Å². The lowest BCUT2D eigenvalue weighted by Gasteiger charge is -2.20. The Kier molecular flexibility index (Phi) is 4.67. The highest BCUT2D eigenvalue weighted by Gasteiger charge is 2.14. The summed E-state index contributed by atoms with van der Waals surface area (Å²) in [5.41, 5.74) is 1.76. The lowest BCUT2D eigenvalue weighted by Crippen LogP contribution is -2.33. The van der Waals surface area contributed by atoms with Gasteiger partial charge < -0.3 is 4.90 Å². The largest absolute Gasteiger partial charge is 0.337 e. The number of carbonyl (C=O) groups is 1. The van der Waals surface area contributed by atoms with Crippen LogP contribution in [0.4, 0.5) is 0 Å². The Morgan fingerprint density at radius 3 is 2.47 bits per heavy atom. The third kappa shape index (κ3) is 3.65. The van der Waals surface area contributed by atoms with Crippen molar-refractivity contribution in [3.63, 3.8) is 0 Å². The Bertz CT molecular complexity index is 511. The van der Waals surface area contributed by atoms with Crippen LogP contribution in [0.3, 0.4) is 0 Å². The number of benzene rings is 1. The van der Waals surface area contributed by atoms with E-state index < -0.39 is 0 Å². The topological polar surface area (TPSA) is 33.2 Å².